The highest BCUT2D eigenvalue weighted by Gasteiger charge is 2.44. The molecule has 0 amide bonds. The van der Waals surface area contributed by atoms with Crippen LogP contribution in [0.4, 0.5) is 5.82 Å². The van der Waals surface area contributed by atoms with E-state index in [1.165, 1.54) is 11.3 Å². The molecule has 0 N–H and O–H groups in total. The van der Waals surface area contributed by atoms with Gasteiger partial charge in [0.05, 0.1) is 17.3 Å². The normalized spacial score (nSPS) is 20.5. The minimum atomic E-state index is 0.0490. The second-order valence-corrected chi connectivity index (χ2v) is 8.84. The average molecular weight is 412 g/mol. The Kier molecular flexibility index (Phi) is 4.06. The molecular formula is C24H25N7. The lowest BCUT2D eigenvalue weighted by molar-refractivity contribution is 0.333. The standard InChI is InChI=1S/C24H25N7/c1-16-27-22-19(14-26-30(22)2)23(28-16)31-12-6-10-24(15-31)11-9-18-13-25-21(29-20(18)24)17-7-4-3-5-8-17/h3-5,7-8,13-14H,6,9-12,15H2,1-2H3. The molecule has 7 heteroatoms. The zero-order valence-corrected chi connectivity index (χ0v) is 17.9. The lowest BCUT2D eigenvalue weighted by Gasteiger charge is -2.41. The van der Waals surface area contributed by atoms with E-state index in [9.17, 15) is 0 Å². The van der Waals surface area contributed by atoms with E-state index in [2.05, 4.69) is 32.1 Å². The van der Waals surface area contributed by atoms with E-state index < -0.39 is 0 Å². The Morgan fingerprint density at radius 1 is 1.00 bits per heavy atom. The maximum absolute atomic E-state index is 5.13. The molecule has 4 heterocycles. The van der Waals surface area contributed by atoms with Gasteiger partial charge < -0.3 is 4.90 Å². The Balaban J connectivity index is 1.41. The first-order chi connectivity index (χ1) is 15.1. The van der Waals surface area contributed by atoms with Gasteiger partial charge >= 0.3 is 0 Å². The minimum absolute atomic E-state index is 0.0490. The zero-order valence-electron chi connectivity index (χ0n) is 17.9. The topological polar surface area (TPSA) is 72.6 Å². The summed E-state index contributed by atoms with van der Waals surface area (Å²) in [6.07, 6.45) is 8.38. The summed E-state index contributed by atoms with van der Waals surface area (Å²) in [4.78, 5) is 21.7. The SMILES string of the molecule is Cc1nc(N2CCCC3(CCc4cnc(-c5ccccc5)nc43)C2)c2cnn(C)c2n1. The third kappa shape index (κ3) is 2.91. The Morgan fingerprint density at radius 2 is 1.87 bits per heavy atom. The van der Waals surface area contributed by atoms with Crippen LogP contribution in [-0.4, -0.2) is 42.8 Å². The summed E-state index contributed by atoms with van der Waals surface area (Å²) in [5, 5.41) is 5.45. The maximum atomic E-state index is 5.13. The summed E-state index contributed by atoms with van der Waals surface area (Å²) in [6.45, 7) is 3.87. The molecule has 1 aliphatic carbocycles. The number of hydrogen-bond acceptors (Lipinski definition) is 6. The van der Waals surface area contributed by atoms with E-state index in [1.54, 1.807) is 0 Å². The van der Waals surface area contributed by atoms with Gasteiger partial charge in [-0.25, -0.2) is 19.9 Å². The molecule has 1 atom stereocenters. The van der Waals surface area contributed by atoms with Crippen molar-refractivity contribution in [3.63, 3.8) is 0 Å². The van der Waals surface area contributed by atoms with Gasteiger partial charge in [-0.05, 0) is 38.2 Å². The Bertz CT molecular complexity index is 1280. The summed E-state index contributed by atoms with van der Waals surface area (Å²) in [5.41, 5.74) is 4.55. The third-order valence-electron chi connectivity index (χ3n) is 6.83. The van der Waals surface area contributed by atoms with Crippen LogP contribution in [0.2, 0.25) is 0 Å². The van der Waals surface area contributed by atoms with Gasteiger partial charge in [0.1, 0.15) is 11.6 Å². The van der Waals surface area contributed by atoms with Crippen LogP contribution in [0.3, 0.4) is 0 Å². The van der Waals surface area contributed by atoms with Crippen LogP contribution >= 0.6 is 0 Å². The van der Waals surface area contributed by atoms with Gasteiger partial charge in [0.15, 0.2) is 11.5 Å². The number of aryl methyl sites for hydroxylation is 3. The fourth-order valence-electron chi connectivity index (χ4n) is 5.33. The van der Waals surface area contributed by atoms with Crippen molar-refractivity contribution >= 4 is 16.9 Å². The van der Waals surface area contributed by atoms with Gasteiger partial charge in [0.25, 0.3) is 0 Å². The molecule has 2 aliphatic rings. The summed E-state index contributed by atoms with van der Waals surface area (Å²) in [7, 11) is 1.94. The molecule has 7 nitrogen and oxygen atoms in total. The number of anilines is 1. The Labute approximate surface area is 181 Å². The molecule has 156 valence electrons. The molecule has 0 saturated carbocycles. The van der Waals surface area contributed by atoms with Crippen LogP contribution in [0.25, 0.3) is 22.4 Å². The zero-order chi connectivity index (χ0) is 21.0. The molecule has 6 rings (SSSR count). The highest BCUT2D eigenvalue weighted by atomic mass is 15.3. The monoisotopic (exact) mass is 411 g/mol. The van der Waals surface area contributed by atoms with Gasteiger partial charge in [-0.2, -0.15) is 5.10 Å². The number of aromatic nitrogens is 6. The van der Waals surface area contributed by atoms with E-state index in [-0.39, 0.29) is 5.41 Å². The van der Waals surface area contributed by atoms with E-state index in [0.29, 0.717) is 0 Å². The highest BCUT2D eigenvalue weighted by molar-refractivity contribution is 5.87. The van der Waals surface area contributed by atoms with E-state index in [0.717, 1.165) is 72.8 Å². The van der Waals surface area contributed by atoms with Crippen molar-refractivity contribution in [1.82, 2.24) is 29.7 Å². The van der Waals surface area contributed by atoms with Crippen molar-refractivity contribution in [2.45, 2.75) is 38.0 Å². The van der Waals surface area contributed by atoms with Crippen molar-refractivity contribution in [3.8, 4) is 11.4 Å². The molecule has 0 radical (unpaired) electrons. The second kappa shape index (κ2) is 6.83. The predicted octanol–water partition coefficient (Wildman–Crippen LogP) is 3.61. The number of fused-ring (bicyclic) bond motifs is 3. The van der Waals surface area contributed by atoms with Gasteiger partial charge in [-0.1, -0.05) is 30.3 Å². The fraction of sp³-hybridized carbons (Fsp3) is 0.375. The summed E-state index contributed by atoms with van der Waals surface area (Å²) in [6, 6.07) is 10.3. The Morgan fingerprint density at radius 3 is 2.74 bits per heavy atom. The molecule has 1 aromatic carbocycles. The van der Waals surface area contributed by atoms with Crippen molar-refractivity contribution in [3.05, 3.63) is 59.8 Å². The van der Waals surface area contributed by atoms with Crippen LogP contribution < -0.4 is 4.90 Å². The molecule has 1 saturated heterocycles. The van der Waals surface area contributed by atoms with Gasteiger partial charge in [0.2, 0.25) is 0 Å². The van der Waals surface area contributed by atoms with Crippen LogP contribution in [0.15, 0.2) is 42.7 Å². The first-order valence-corrected chi connectivity index (χ1v) is 11.0. The largest absolute Gasteiger partial charge is 0.355 e. The molecule has 31 heavy (non-hydrogen) atoms. The quantitative estimate of drug-likeness (QED) is 0.502. The number of nitrogens with zero attached hydrogens (tertiary/aromatic N) is 7. The second-order valence-electron chi connectivity index (χ2n) is 8.84. The third-order valence-corrected chi connectivity index (χ3v) is 6.83. The summed E-state index contributed by atoms with van der Waals surface area (Å²) >= 11 is 0. The smallest absolute Gasteiger partial charge is 0.163 e. The van der Waals surface area contributed by atoms with Crippen molar-refractivity contribution in [1.29, 1.82) is 0 Å². The van der Waals surface area contributed by atoms with Crippen molar-refractivity contribution in [2.24, 2.45) is 7.05 Å². The van der Waals surface area contributed by atoms with Gasteiger partial charge in [-0.15, -0.1) is 0 Å². The predicted molar refractivity (Wildman–Crippen MR) is 120 cm³/mol. The van der Waals surface area contributed by atoms with Crippen LogP contribution in [0.1, 0.15) is 36.3 Å². The minimum Gasteiger partial charge on any atom is -0.355 e. The van der Waals surface area contributed by atoms with Crippen molar-refractivity contribution in [2.75, 3.05) is 18.0 Å². The maximum Gasteiger partial charge on any atom is 0.163 e. The molecule has 1 unspecified atom stereocenters. The average Bonchev–Trinajstić information content (AvgIpc) is 3.34. The lowest BCUT2D eigenvalue weighted by Crippen LogP contribution is -2.46. The van der Waals surface area contributed by atoms with E-state index in [1.807, 2.05) is 49.2 Å². The molecule has 1 aliphatic heterocycles. The highest BCUT2D eigenvalue weighted by Crippen LogP contribution is 2.45. The van der Waals surface area contributed by atoms with Crippen LogP contribution in [-0.2, 0) is 18.9 Å². The van der Waals surface area contributed by atoms with Crippen LogP contribution in [0.5, 0.6) is 0 Å². The Hall–Kier alpha value is -3.35. The molecule has 1 fully saturated rings. The molecule has 1 spiro atoms. The fourth-order valence-corrected chi connectivity index (χ4v) is 5.33. The molecule has 0 bridgehead atoms. The lowest BCUT2D eigenvalue weighted by atomic mass is 9.77. The first-order valence-electron chi connectivity index (χ1n) is 11.0. The van der Waals surface area contributed by atoms with E-state index >= 15 is 0 Å². The summed E-state index contributed by atoms with van der Waals surface area (Å²) in [5.74, 6) is 2.61. The van der Waals surface area contributed by atoms with Crippen LogP contribution in [0, 0.1) is 6.92 Å². The number of hydrogen-bond donors (Lipinski definition) is 0. The molecular weight excluding hydrogens is 386 g/mol. The molecule has 4 aromatic rings. The number of rotatable bonds is 2. The summed E-state index contributed by atoms with van der Waals surface area (Å²) < 4.78 is 1.83. The van der Waals surface area contributed by atoms with Gasteiger partial charge in [0, 0.05) is 37.3 Å². The van der Waals surface area contributed by atoms with E-state index in [4.69, 9.17) is 9.97 Å². The number of benzene rings is 1. The van der Waals surface area contributed by atoms with Crippen molar-refractivity contribution < 1.29 is 0 Å². The first kappa shape index (κ1) is 18.4. The molecule has 3 aromatic heterocycles. The van der Waals surface area contributed by atoms with Gasteiger partial charge in [-0.3, -0.25) is 4.68 Å². The number of piperidine rings is 1.